The maximum absolute atomic E-state index is 10.2. The number of nitrogens with two attached hydrogens (primary N) is 1. The van der Waals surface area contributed by atoms with Gasteiger partial charge < -0.3 is 15.2 Å². The van der Waals surface area contributed by atoms with E-state index >= 15 is 0 Å². The van der Waals surface area contributed by atoms with Crippen molar-refractivity contribution in [3.05, 3.63) is 35.9 Å². The zero-order valence-electron chi connectivity index (χ0n) is 13.5. The third-order valence-electron chi connectivity index (χ3n) is 5.81. The zero-order chi connectivity index (χ0) is 17.1. The highest BCUT2D eigenvalue weighted by Gasteiger charge is 3.01. The lowest BCUT2D eigenvalue weighted by atomic mass is 9.79. The average molecular weight is 322 g/mol. The molecular weight excluding hydrogens is 304 g/mol. The van der Waals surface area contributed by atoms with Crippen molar-refractivity contribution in [3.8, 4) is 12.1 Å². The van der Waals surface area contributed by atoms with Crippen LogP contribution in [0.25, 0.3) is 0 Å². The molecule has 24 heavy (non-hydrogen) atoms. The fourth-order valence-electron chi connectivity index (χ4n) is 5.09. The molecule has 0 unspecified atom stereocenters. The Labute approximate surface area is 140 Å². The van der Waals surface area contributed by atoms with Crippen molar-refractivity contribution in [2.75, 3.05) is 13.2 Å². The molecule has 2 heterocycles. The Bertz CT molecular complexity index is 803. The fraction of sp³-hybridized carbons (Fsp3) is 0.500. The number of ether oxygens (including phenoxy) is 2. The second-order valence-corrected chi connectivity index (χ2v) is 6.52. The Hall–Kier alpha value is -2.41. The summed E-state index contributed by atoms with van der Waals surface area (Å²) in [6.45, 7) is 2.70. The first kappa shape index (κ1) is 15.1. The van der Waals surface area contributed by atoms with Gasteiger partial charge in [0.1, 0.15) is 5.84 Å². The third kappa shape index (κ3) is 1.18. The minimum Gasteiger partial charge on any atom is -0.386 e. The van der Waals surface area contributed by atoms with Crippen LogP contribution >= 0.6 is 0 Å². The van der Waals surface area contributed by atoms with E-state index in [9.17, 15) is 10.5 Å². The summed E-state index contributed by atoms with van der Waals surface area (Å²) < 4.78 is 11.6. The Morgan fingerprint density at radius 2 is 1.83 bits per heavy atom. The van der Waals surface area contributed by atoms with E-state index in [1.807, 2.05) is 37.3 Å². The Morgan fingerprint density at radius 3 is 2.38 bits per heavy atom. The number of rotatable bonds is 3. The maximum Gasteiger partial charge on any atom is 0.293 e. The van der Waals surface area contributed by atoms with Gasteiger partial charge in [-0.3, -0.25) is 0 Å². The predicted molar refractivity (Wildman–Crippen MR) is 85.4 cm³/mol. The first-order valence-corrected chi connectivity index (χ1v) is 8.14. The summed E-state index contributed by atoms with van der Waals surface area (Å²) in [5.41, 5.74) is 3.88. The average Bonchev–Trinajstić information content (AvgIpc) is 2.85. The van der Waals surface area contributed by atoms with Crippen molar-refractivity contribution in [2.24, 2.45) is 21.6 Å². The number of nitriles is 2. The minimum absolute atomic E-state index is 0.144. The molecule has 1 aromatic rings. The second kappa shape index (κ2) is 4.57. The molecule has 0 radical (unpaired) electrons. The number of benzene rings is 1. The van der Waals surface area contributed by atoms with Gasteiger partial charge in [0.05, 0.1) is 30.8 Å². The molecule has 0 bridgehead atoms. The Kier molecular flexibility index (Phi) is 2.88. The molecule has 3 atom stereocenters. The molecule has 4 rings (SSSR count). The fourth-order valence-corrected chi connectivity index (χ4v) is 5.09. The quantitative estimate of drug-likeness (QED) is 0.914. The van der Waals surface area contributed by atoms with Crippen LogP contribution in [0.15, 0.2) is 35.3 Å². The van der Waals surface area contributed by atoms with E-state index in [2.05, 4.69) is 17.1 Å². The van der Waals surface area contributed by atoms with Crippen molar-refractivity contribution >= 4 is 5.84 Å². The summed E-state index contributed by atoms with van der Waals surface area (Å²) in [6, 6.07) is 14.3. The predicted octanol–water partition coefficient (Wildman–Crippen LogP) is 1.83. The Balaban J connectivity index is 2.05. The summed E-state index contributed by atoms with van der Waals surface area (Å²) in [6.07, 6.45) is 1.42. The third-order valence-corrected chi connectivity index (χ3v) is 5.81. The number of fused-ring (bicyclic) bond motifs is 2. The molecule has 3 aliphatic rings. The molecule has 1 saturated heterocycles. The summed E-state index contributed by atoms with van der Waals surface area (Å²) in [5, 5.41) is 20.4. The summed E-state index contributed by atoms with van der Waals surface area (Å²) >= 11 is 0. The second-order valence-electron chi connectivity index (χ2n) is 6.52. The maximum atomic E-state index is 10.2. The lowest BCUT2D eigenvalue weighted by Crippen LogP contribution is -2.42. The smallest absolute Gasteiger partial charge is 0.293 e. The van der Waals surface area contributed by atoms with Gasteiger partial charge in [-0.1, -0.05) is 43.7 Å². The van der Waals surface area contributed by atoms with E-state index in [1.54, 1.807) is 0 Å². The minimum atomic E-state index is -1.48. The van der Waals surface area contributed by atoms with Gasteiger partial charge in [0.2, 0.25) is 0 Å². The topological polar surface area (TPSA) is 104 Å². The summed E-state index contributed by atoms with van der Waals surface area (Å²) in [5.74, 6) is -1.34. The van der Waals surface area contributed by atoms with Crippen LogP contribution in [0.5, 0.6) is 0 Å². The van der Waals surface area contributed by atoms with Crippen molar-refractivity contribution in [1.29, 1.82) is 10.5 Å². The van der Waals surface area contributed by atoms with Gasteiger partial charge in [0.15, 0.2) is 10.8 Å². The molecule has 2 fully saturated rings. The normalized spacial score (nSPS) is 38.2. The molecule has 2 N–H and O–H groups in total. The van der Waals surface area contributed by atoms with E-state index in [4.69, 9.17) is 15.2 Å². The van der Waals surface area contributed by atoms with E-state index in [-0.39, 0.29) is 5.84 Å². The lowest BCUT2D eigenvalue weighted by molar-refractivity contribution is -0.188. The summed E-state index contributed by atoms with van der Waals surface area (Å²) in [7, 11) is 0. The first-order chi connectivity index (χ1) is 11.6. The SMILES string of the molecule is CCC[C@]1(c2ccccc2)[C@]2(C#N)C(N)=NC3(OCCO3)[C@@]21C#N. The van der Waals surface area contributed by atoms with Crippen LogP contribution < -0.4 is 5.73 Å². The van der Waals surface area contributed by atoms with Gasteiger partial charge in [-0.25, -0.2) is 4.99 Å². The van der Waals surface area contributed by atoms with Gasteiger partial charge in [-0.05, 0) is 12.0 Å². The number of hydrogen-bond donors (Lipinski definition) is 1. The highest BCUT2D eigenvalue weighted by Crippen LogP contribution is 2.86. The lowest BCUT2D eigenvalue weighted by Gasteiger charge is -2.31. The van der Waals surface area contributed by atoms with Gasteiger partial charge in [0.25, 0.3) is 5.91 Å². The molecule has 1 aliphatic carbocycles. The molecule has 0 aromatic heterocycles. The number of hydrogen-bond acceptors (Lipinski definition) is 6. The van der Waals surface area contributed by atoms with Crippen molar-refractivity contribution in [3.63, 3.8) is 0 Å². The molecule has 6 nitrogen and oxygen atoms in total. The highest BCUT2D eigenvalue weighted by molar-refractivity contribution is 6.02. The molecule has 2 aliphatic heterocycles. The van der Waals surface area contributed by atoms with Gasteiger partial charge in [-0.15, -0.1) is 0 Å². The Morgan fingerprint density at radius 1 is 1.17 bits per heavy atom. The van der Waals surface area contributed by atoms with Crippen molar-refractivity contribution in [1.82, 2.24) is 0 Å². The van der Waals surface area contributed by atoms with Crippen LogP contribution in [0.3, 0.4) is 0 Å². The van der Waals surface area contributed by atoms with Crippen molar-refractivity contribution in [2.45, 2.75) is 31.1 Å². The molecule has 1 saturated carbocycles. The highest BCUT2D eigenvalue weighted by atomic mass is 16.8. The van der Waals surface area contributed by atoms with Crippen LogP contribution in [0, 0.1) is 33.5 Å². The van der Waals surface area contributed by atoms with E-state index in [1.165, 1.54) is 0 Å². The van der Waals surface area contributed by atoms with Gasteiger partial charge >= 0.3 is 0 Å². The molecule has 1 aromatic carbocycles. The van der Waals surface area contributed by atoms with Gasteiger partial charge in [-0.2, -0.15) is 10.5 Å². The van der Waals surface area contributed by atoms with Crippen LogP contribution in [-0.2, 0) is 14.9 Å². The largest absolute Gasteiger partial charge is 0.386 e. The van der Waals surface area contributed by atoms with E-state index in [0.717, 1.165) is 12.0 Å². The standard InChI is InChI=1S/C18H18N4O2/c1-2-8-15(13-6-4-3-5-7-13)16(11-19)14(21)22-18(17(15,16)12-20)23-9-10-24-18/h3-7H,2,8-10H2,1H3,(H2,21,22)/t15-,16-,17+/m0/s1. The van der Waals surface area contributed by atoms with Crippen LogP contribution in [0.2, 0.25) is 0 Å². The van der Waals surface area contributed by atoms with Gasteiger partial charge in [0, 0.05) is 0 Å². The molecule has 122 valence electrons. The molecule has 1 spiro atoms. The van der Waals surface area contributed by atoms with E-state index in [0.29, 0.717) is 19.6 Å². The van der Waals surface area contributed by atoms with Crippen molar-refractivity contribution < 1.29 is 9.47 Å². The molecule has 6 heteroatoms. The number of aliphatic imine (C=N–C) groups is 1. The molecular formula is C18H18N4O2. The van der Waals surface area contributed by atoms with Crippen LogP contribution in [-0.4, -0.2) is 25.0 Å². The van der Waals surface area contributed by atoms with Crippen LogP contribution in [0.4, 0.5) is 0 Å². The van der Waals surface area contributed by atoms with Crippen LogP contribution in [0.1, 0.15) is 25.3 Å². The zero-order valence-corrected chi connectivity index (χ0v) is 13.5. The number of amidine groups is 1. The van der Waals surface area contributed by atoms with E-state index < -0.39 is 22.2 Å². The number of nitrogens with zero attached hydrogens (tertiary/aromatic N) is 3. The monoisotopic (exact) mass is 322 g/mol. The summed E-state index contributed by atoms with van der Waals surface area (Å²) in [4.78, 5) is 4.34. The molecule has 0 amide bonds. The first-order valence-electron chi connectivity index (χ1n) is 8.14.